The van der Waals surface area contributed by atoms with Crippen molar-refractivity contribution in [1.29, 1.82) is 0 Å². The summed E-state index contributed by atoms with van der Waals surface area (Å²) in [4.78, 5) is 14.4. The van der Waals surface area contributed by atoms with Gasteiger partial charge in [-0.05, 0) is 28.6 Å². The molecule has 23 heavy (non-hydrogen) atoms. The summed E-state index contributed by atoms with van der Waals surface area (Å²) in [5, 5.41) is 2.11. The second kappa shape index (κ2) is 3.93. The monoisotopic (exact) mass is 301 g/mol. The lowest BCUT2D eigenvalue weighted by atomic mass is 9.72. The molecule has 3 heteroatoms. The zero-order valence-electron chi connectivity index (χ0n) is 13.0. The molecule has 2 aliphatic heterocycles. The standard InChI is InChI=1S/C20H15NO2/c1-20(2)13-7-3-4-8-15(13)21-18-14(20)11-10-12-6-5-9-16(17(12)18)23-19(21)22/h3-11H,1-2H3. The van der Waals surface area contributed by atoms with Crippen LogP contribution in [0, 0.1) is 0 Å². The van der Waals surface area contributed by atoms with Gasteiger partial charge >= 0.3 is 6.09 Å². The fourth-order valence-corrected chi connectivity index (χ4v) is 3.94. The van der Waals surface area contributed by atoms with Gasteiger partial charge in [-0.1, -0.05) is 56.3 Å². The van der Waals surface area contributed by atoms with E-state index in [1.165, 1.54) is 0 Å². The number of para-hydroxylation sites is 1. The van der Waals surface area contributed by atoms with Crippen molar-refractivity contribution in [3.05, 3.63) is 65.7 Å². The van der Waals surface area contributed by atoms with Crippen LogP contribution in [0.4, 0.5) is 16.2 Å². The Morgan fingerprint density at radius 3 is 2.61 bits per heavy atom. The van der Waals surface area contributed by atoms with Crippen LogP contribution in [0.3, 0.4) is 0 Å². The Kier molecular flexibility index (Phi) is 2.17. The van der Waals surface area contributed by atoms with Gasteiger partial charge in [0, 0.05) is 10.8 Å². The molecule has 112 valence electrons. The summed E-state index contributed by atoms with van der Waals surface area (Å²) in [5.41, 5.74) is 4.02. The maximum absolute atomic E-state index is 12.7. The van der Waals surface area contributed by atoms with Gasteiger partial charge in [-0.15, -0.1) is 0 Å². The second-order valence-electron chi connectivity index (χ2n) is 6.66. The van der Waals surface area contributed by atoms with Crippen molar-refractivity contribution >= 4 is 28.2 Å². The minimum absolute atomic E-state index is 0.165. The number of hydrogen-bond acceptors (Lipinski definition) is 2. The molecule has 2 heterocycles. The van der Waals surface area contributed by atoms with E-state index in [0.717, 1.165) is 33.3 Å². The molecule has 3 nitrogen and oxygen atoms in total. The Balaban J connectivity index is 2.00. The van der Waals surface area contributed by atoms with Crippen LogP contribution < -0.4 is 9.64 Å². The largest absolute Gasteiger partial charge is 0.424 e. The molecule has 0 fully saturated rings. The Bertz CT molecular complexity index is 1000. The van der Waals surface area contributed by atoms with Crippen LogP contribution >= 0.6 is 0 Å². The maximum Gasteiger partial charge on any atom is 0.424 e. The van der Waals surface area contributed by atoms with Crippen LogP contribution in [0.15, 0.2) is 54.6 Å². The van der Waals surface area contributed by atoms with Gasteiger partial charge in [0.15, 0.2) is 0 Å². The van der Waals surface area contributed by atoms with Crippen molar-refractivity contribution in [2.45, 2.75) is 19.3 Å². The Labute approximate surface area is 134 Å². The average molecular weight is 301 g/mol. The van der Waals surface area contributed by atoms with Gasteiger partial charge < -0.3 is 4.74 Å². The van der Waals surface area contributed by atoms with Crippen molar-refractivity contribution in [2.24, 2.45) is 0 Å². The van der Waals surface area contributed by atoms with E-state index in [1.54, 1.807) is 4.90 Å². The molecule has 0 N–H and O–H groups in total. The Hall–Kier alpha value is -2.81. The molecule has 5 rings (SSSR count). The number of hydrogen-bond donors (Lipinski definition) is 0. The van der Waals surface area contributed by atoms with E-state index in [0.29, 0.717) is 5.75 Å². The fourth-order valence-electron chi connectivity index (χ4n) is 3.94. The lowest BCUT2D eigenvalue weighted by Gasteiger charge is -2.42. The lowest BCUT2D eigenvalue weighted by Crippen LogP contribution is -2.40. The van der Waals surface area contributed by atoms with Gasteiger partial charge in [0.05, 0.1) is 11.4 Å². The summed E-state index contributed by atoms with van der Waals surface area (Å²) in [5.74, 6) is 0.649. The molecular weight excluding hydrogens is 286 g/mol. The van der Waals surface area contributed by atoms with Gasteiger partial charge in [0.2, 0.25) is 0 Å². The van der Waals surface area contributed by atoms with E-state index in [-0.39, 0.29) is 11.5 Å². The van der Waals surface area contributed by atoms with Gasteiger partial charge in [0.25, 0.3) is 0 Å². The van der Waals surface area contributed by atoms with Crippen LogP contribution in [-0.4, -0.2) is 6.09 Å². The minimum Gasteiger partial charge on any atom is -0.409 e. The van der Waals surface area contributed by atoms with Crippen molar-refractivity contribution < 1.29 is 9.53 Å². The van der Waals surface area contributed by atoms with Crippen LogP contribution in [0.2, 0.25) is 0 Å². The fraction of sp³-hybridized carbons (Fsp3) is 0.150. The summed E-state index contributed by atoms with van der Waals surface area (Å²) in [6.45, 7) is 4.42. The number of anilines is 2. The highest BCUT2D eigenvalue weighted by Crippen LogP contribution is 2.54. The molecule has 0 saturated carbocycles. The number of ether oxygens (including phenoxy) is 1. The molecule has 3 aromatic carbocycles. The normalized spacial score (nSPS) is 17.0. The van der Waals surface area contributed by atoms with E-state index >= 15 is 0 Å². The zero-order valence-corrected chi connectivity index (χ0v) is 13.0. The second-order valence-corrected chi connectivity index (χ2v) is 6.66. The van der Waals surface area contributed by atoms with Gasteiger partial charge in [0.1, 0.15) is 5.75 Å². The highest BCUT2D eigenvalue weighted by Gasteiger charge is 2.42. The summed E-state index contributed by atoms with van der Waals surface area (Å²) in [7, 11) is 0. The number of benzene rings is 3. The van der Waals surface area contributed by atoms with E-state index in [9.17, 15) is 4.79 Å². The van der Waals surface area contributed by atoms with Crippen molar-refractivity contribution in [3.63, 3.8) is 0 Å². The Morgan fingerprint density at radius 2 is 1.74 bits per heavy atom. The number of nitrogens with zero attached hydrogens (tertiary/aromatic N) is 1. The van der Waals surface area contributed by atoms with Gasteiger partial charge in [-0.3, -0.25) is 0 Å². The SMILES string of the molecule is CC1(C)c2ccccc2N2C(=O)Oc3cccc4ccc1c2c34. The molecule has 3 aromatic rings. The summed E-state index contributed by atoms with van der Waals surface area (Å²) < 4.78 is 5.61. The molecule has 0 aromatic heterocycles. The van der Waals surface area contributed by atoms with Crippen LogP contribution in [0.1, 0.15) is 25.0 Å². The molecule has 0 atom stereocenters. The molecule has 0 unspecified atom stereocenters. The van der Waals surface area contributed by atoms with E-state index < -0.39 is 0 Å². The molecule has 0 bridgehead atoms. The third kappa shape index (κ3) is 1.42. The van der Waals surface area contributed by atoms with E-state index in [4.69, 9.17) is 4.74 Å². The molecule has 0 aliphatic carbocycles. The lowest BCUT2D eigenvalue weighted by molar-refractivity contribution is 0.209. The molecule has 2 aliphatic rings. The minimum atomic E-state index is -0.333. The topological polar surface area (TPSA) is 29.5 Å². The summed E-state index contributed by atoms with van der Waals surface area (Å²) in [6.07, 6.45) is -0.333. The van der Waals surface area contributed by atoms with Crippen molar-refractivity contribution in [2.75, 3.05) is 4.90 Å². The summed E-state index contributed by atoms with van der Waals surface area (Å²) >= 11 is 0. The Morgan fingerprint density at radius 1 is 0.913 bits per heavy atom. The molecule has 0 radical (unpaired) electrons. The van der Waals surface area contributed by atoms with Crippen molar-refractivity contribution in [3.8, 4) is 5.75 Å². The first kappa shape index (κ1) is 12.7. The number of carbonyl (C=O) groups excluding carboxylic acids is 1. The third-order valence-electron chi connectivity index (χ3n) is 5.08. The van der Waals surface area contributed by atoms with Gasteiger partial charge in [-0.2, -0.15) is 0 Å². The van der Waals surface area contributed by atoms with E-state index in [2.05, 4.69) is 38.1 Å². The number of rotatable bonds is 0. The number of carbonyl (C=O) groups is 1. The van der Waals surface area contributed by atoms with Gasteiger partial charge in [-0.25, -0.2) is 9.69 Å². The van der Waals surface area contributed by atoms with Crippen molar-refractivity contribution in [1.82, 2.24) is 0 Å². The first-order chi connectivity index (χ1) is 11.1. The van der Waals surface area contributed by atoms with Crippen LogP contribution in [0.5, 0.6) is 5.75 Å². The first-order valence-corrected chi connectivity index (χ1v) is 7.77. The van der Waals surface area contributed by atoms with Crippen LogP contribution in [-0.2, 0) is 5.41 Å². The maximum atomic E-state index is 12.7. The first-order valence-electron chi connectivity index (χ1n) is 7.77. The zero-order chi connectivity index (χ0) is 15.8. The number of amides is 1. The summed E-state index contributed by atoms with van der Waals surface area (Å²) in [6, 6.07) is 18.2. The molecule has 0 saturated heterocycles. The molecular formula is C20H15NO2. The number of fused-ring (bicyclic) bond motifs is 2. The highest BCUT2D eigenvalue weighted by atomic mass is 16.6. The average Bonchev–Trinajstić information content (AvgIpc) is 2.54. The quantitative estimate of drug-likeness (QED) is 0.576. The molecule has 0 spiro atoms. The van der Waals surface area contributed by atoms with E-state index in [1.807, 2.05) is 30.3 Å². The molecule has 1 amide bonds. The smallest absolute Gasteiger partial charge is 0.409 e. The van der Waals surface area contributed by atoms with Crippen LogP contribution in [0.25, 0.3) is 10.8 Å². The third-order valence-corrected chi connectivity index (χ3v) is 5.08. The highest BCUT2D eigenvalue weighted by molar-refractivity contribution is 6.15. The predicted octanol–water partition coefficient (Wildman–Crippen LogP) is 5.13. The predicted molar refractivity (Wildman–Crippen MR) is 90.7 cm³/mol.